The zero-order valence-corrected chi connectivity index (χ0v) is 12.2. The Kier molecular flexibility index (Phi) is 4.94. The number of nitrogens with zero attached hydrogens (tertiary/aromatic N) is 1. The lowest BCUT2D eigenvalue weighted by molar-refractivity contribution is 0.0954. The molecule has 0 aliphatic heterocycles. The highest BCUT2D eigenvalue weighted by Gasteiger charge is 2.10. The molecule has 0 radical (unpaired) electrons. The third-order valence-electron chi connectivity index (χ3n) is 3.09. The highest BCUT2D eigenvalue weighted by molar-refractivity contribution is 5.94. The van der Waals surface area contributed by atoms with Crippen LogP contribution in [0.2, 0.25) is 0 Å². The van der Waals surface area contributed by atoms with Crippen LogP contribution in [0.1, 0.15) is 27.4 Å². The molecule has 2 aromatic rings. The summed E-state index contributed by atoms with van der Waals surface area (Å²) in [6.07, 6.45) is 0. The van der Waals surface area contributed by atoms with Gasteiger partial charge in [-0.05, 0) is 32.0 Å². The van der Waals surface area contributed by atoms with Crippen LogP contribution in [0, 0.1) is 13.8 Å². The normalized spacial score (nSPS) is 10.4. The Morgan fingerprint density at radius 1 is 1.43 bits per heavy atom. The van der Waals surface area contributed by atoms with E-state index in [4.69, 9.17) is 15.0 Å². The number of carbonyl (C=O) groups is 1. The molecule has 1 heterocycles. The minimum atomic E-state index is -0.164. The van der Waals surface area contributed by atoms with Gasteiger partial charge in [-0.1, -0.05) is 11.2 Å². The Morgan fingerprint density at radius 3 is 2.90 bits per heavy atom. The summed E-state index contributed by atoms with van der Waals surface area (Å²) in [5.41, 5.74) is 7.64. The highest BCUT2D eigenvalue weighted by Crippen LogP contribution is 2.18. The fourth-order valence-electron chi connectivity index (χ4n) is 1.88. The van der Waals surface area contributed by atoms with Gasteiger partial charge in [-0.25, -0.2) is 0 Å². The van der Waals surface area contributed by atoms with Crippen LogP contribution in [-0.2, 0) is 6.61 Å². The molecule has 112 valence electrons. The van der Waals surface area contributed by atoms with E-state index in [0.717, 1.165) is 17.0 Å². The summed E-state index contributed by atoms with van der Waals surface area (Å²) < 4.78 is 10.8. The van der Waals surface area contributed by atoms with Gasteiger partial charge in [0.25, 0.3) is 5.91 Å². The van der Waals surface area contributed by atoms with Gasteiger partial charge in [-0.2, -0.15) is 0 Å². The smallest absolute Gasteiger partial charge is 0.251 e. The van der Waals surface area contributed by atoms with Gasteiger partial charge < -0.3 is 20.3 Å². The van der Waals surface area contributed by atoms with Gasteiger partial charge in [-0.3, -0.25) is 4.79 Å². The summed E-state index contributed by atoms with van der Waals surface area (Å²) in [6, 6.07) is 7.01. The second-order valence-electron chi connectivity index (χ2n) is 4.66. The van der Waals surface area contributed by atoms with E-state index in [-0.39, 0.29) is 5.91 Å². The van der Waals surface area contributed by atoms with Crippen molar-refractivity contribution in [2.24, 2.45) is 5.73 Å². The van der Waals surface area contributed by atoms with E-state index >= 15 is 0 Å². The van der Waals surface area contributed by atoms with E-state index in [9.17, 15) is 4.79 Å². The van der Waals surface area contributed by atoms with Crippen molar-refractivity contribution in [3.05, 3.63) is 46.8 Å². The zero-order valence-electron chi connectivity index (χ0n) is 12.2. The number of nitrogens with two attached hydrogens (primary N) is 1. The van der Waals surface area contributed by atoms with Gasteiger partial charge in [0, 0.05) is 18.7 Å². The second-order valence-corrected chi connectivity index (χ2v) is 4.66. The number of aromatic nitrogens is 1. The number of nitrogens with one attached hydrogen (secondary N) is 1. The van der Waals surface area contributed by atoms with Crippen molar-refractivity contribution in [3.63, 3.8) is 0 Å². The molecule has 1 aromatic carbocycles. The Labute approximate surface area is 123 Å². The molecule has 0 unspecified atom stereocenters. The van der Waals surface area contributed by atoms with E-state index < -0.39 is 0 Å². The van der Waals surface area contributed by atoms with Gasteiger partial charge in [0.05, 0.1) is 11.3 Å². The van der Waals surface area contributed by atoms with Crippen molar-refractivity contribution in [1.82, 2.24) is 10.5 Å². The average Bonchev–Trinajstić information content (AvgIpc) is 2.82. The Balaban J connectivity index is 2.03. The number of hydrogen-bond acceptors (Lipinski definition) is 5. The van der Waals surface area contributed by atoms with Crippen molar-refractivity contribution in [1.29, 1.82) is 0 Å². The standard InChI is InChI=1S/C15H19N3O3/c1-10-14(11(2)21-18-10)9-20-13-5-3-4-12(8-13)15(19)17-7-6-16/h3-5,8H,6-7,9,16H2,1-2H3,(H,17,19). The second kappa shape index (κ2) is 6.90. The van der Waals surface area contributed by atoms with Crippen LogP contribution in [0.5, 0.6) is 5.75 Å². The molecule has 0 atom stereocenters. The lowest BCUT2D eigenvalue weighted by atomic mass is 10.2. The first-order chi connectivity index (χ1) is 10.1. The fraction of sp³-hybridized carbons (Fsp3) is 0.333. The maximum Gasteiger partial charge on any atom is 0.251 e. The van der Waals surface area contributed by atoms with E-state index in [0.29, 0.717) is 31.0 Å². The molecule has 1 amide bonds. The van der Waals surface area contributed by atoms with E-state index in [2.05, 4.69) is 10.5 Å². The summed E-state index contributed by atoms with van der Waals surface area (Å²) in [7, 11) is 0. The first kappa shape index (κ1) is 15.1. The number of rotatable bonds is 6. The maximum atomic E-state index is 11.8. The molecule has 6 nitrogen and oxygen atoms in total. The monoisotopic (exact) mass is 289 g/mol. The molecule has 0 aliphatic rings. The van der Waals surface area contributed by atoms with Gasteiger partial charge in [0.1, 0.15) is 18.1 Å². The summed E-state index contributed by atoms with van der Waals surface area (Å²) >= 11 is 0. The van der Waals surface area contributed by atoms with Gasteiger partial charge in [0.15, 0.2) is 0 Å². The van der Waals surface area contributed by atoms with Crippen molar-refractivity contribution in [2.75, 3.05) is 13.1 Å². The Morgan fingerprint density at radius 2 is 2.24 bits per heavy atom. The summed E-state index contributed by atoms with van der Waals surface area (Å²) in [4.78, 5) is 11.8. The third kappa shape index (κ3) is 3.82. The largest absolute Gasteiger partial charge is 0.489 e. The van der Waals surface area contributed by atoms with Crippen LogP contribution in [0.25, 0.3) is 0 Å². The van der Waals surface area contributed by atoms with Crippen LogP contribution in [0.3, 0.4) is 0 Å². The van der Waals surface area contributed by atoms with Gasteiger partial charge >= 0.3 is 0 Å². The quantitative estimate of drug-likeness (QED) is 0.842. The maximum absolute atomic E-state index is 11.8. The first-order valence-electron chi connectivity index (χ1n) is 6.74. The molecule has 3 N–H and O–H groups in total. The highest BCUT2D eigenvalue weighted by atomic mass is 16.5. The minimum Gasteiger partial charge on any atom is -0.489 e. The molecule has 0 saturated heterocycles. The summed E-state index contributed by atoms with van der Waals surface area (Å²) in [5, 5.41) is 6.60. The summed E-state index contributed by atoms with van der Waals surface area (Å²) in [6.45, 7) is 4.92. The van der Waals surface area contributed by atoms with Gasteiger partial charge in [0.2, 0.25) is 0 Å². The molecule has 0 saturated carbocycles. The number of aryl methyl sites for hydroxylation is 2. The molecule has 21 heavy (non-hydrogen) atoms. The number of hydrogen-bond donors (Lipinski definition) is 2. The third-order valence-corrected chi connectivity index (χ3v) is 3.09. The first-order valence-corrected chi connectivity index (χ1v) is 6.74. The molecular weight excluding hydrogens is 270 g/mol. The SMILES string of the molecule is Cc1noc(C)c1COc1cccc(C(=O)NCCN)c1. The van der Waals surface area contributed by atoms with Crippen molar-refractivity contribution >= 4 is 5.91 Å². The number of carbonyl (C=O) groups excluding carboxylic acids is 1. The van der Waals surface area contributed by atoms with Crippen molar-refractivity contribution in [3.8, 4) is 5.75 Å². The van der Waals surface area contributed by atoms with Crippen molar-refractivity contribution in [2.45, 2.75) is 20.5 Å². The molecule has 2 rings (SSSR count). The topological polar surface area (TPSA) is 90.4 Å². The average molecular weight is 289 g/mol. The Hall–Kier alpha value is -2.34. The van der Waals surface area contributed by atoms with Crippen LogP contribution in [0.15, 0.2) is 28.8 Å². The van der Waals surface area contributed by atoms with Crippen molar-refractivity contribution < 1.29 is 14.1 Å². The van der Waals surface area contributed by atoms with Crippen LogP contribution < -0.4 is 15.8 Å². The van der Waals surface area contributed by atoms with E-state index in [1.54, 1.807) is 24.3 Å². The van der Waals surface area contributed by atoms with Crippen LogP contribution >= 0.6 is 0 Å². The van der Waals surface area contributed by atoms with E-state index in [1.165, 1.54) is 0 Å². The molecule has 0 fully saturated rings. The molecule has 0 bridgehead atoms. The lowest BCUT2D eigenvalue weighted by Gasteiger charge is -2.08. The number of amides is 1. The van der Waals surface area contributed by atoms with E-state index in [1.807, 2.05) is 13.8 Å². The number of benzene rings is 1. The van der Waals surface area contributed by atoms with Gasteiger partial charge in [-0.15, -0.1) is 0 Å². The number of ether oxygens (including phenoxy) is 1. The molecule has 6 heteroatoms. The molecule has 1 aromatic heterocycles. The zero-order chi connectivity index (χ0) is 15.2. The predicted octanol–water partition coefficient (Wildman–Crippen LogP) is 1.56. The summed E-state index contributed by atoms with van der Waals surface area (Å²) in [5.74, 6) is 1.20. The Bertz CT molecular complexity index is 603. The van der Waals surface area contributed by atoms with Crippen LogP contribution in [-0.4, -0.2) is 24.2 Å². The fourth-order valence-corrected chi connectivity index (χ4v) is 1.88. The molecule has 0 spiro atoms. The lowest BCUT2D eigenvalue weighted by Crippen LogP contribution is -2.28. The minimum absolute atomic E-state index is 0.164. The van der Waals surface area contributed by atoms with Crippen LogP contribution in [0.4, 0.5) is 0 Å². The predicted molar refractivity (Wildman–Crippen MR) is 78.1 cm³/mol. The molecular formula is C15H19N3O3. The molecule has 0 aliphatic carbocycles.